The number of fused-ring (bicyclic) bond motifs is 1. The van der Waals surface area contributed by atoms with E-state index < -0.39 is 10.0 Å². The molecule has 1 aromatic heterocycles. The zero-order chi connectivity index (χ0) is 25.8. The standard InChI is InChI=1S/C30H32N2O4S/c1-2-24-20-31(17-18-36-22-23-11-5-3-6-12-23)29(19-30(24)33)27-21-32(28-16-10-9-15-26(27)28)37(34,35)25-13-7-4-8-14-25/h3-16,21,24,29H,2,17-20,22H2,1H3/t24-,29+/m1/s1. The van der Waals surface area contributed by atoms with Crippen molar-refractivity contribution in [2.75, 3.05) is 19.7 Å². The molecule has 0 amide bonds. The quantitative estimate of drug-likeness (QED) is 0.277. The molecule has 0 spiro atoms. The van der Waals surface area contributed by atoms with Crippen molar-refractivity contribution < 1.29 is 17.9 Å². The zero-order valence-corrected chi connectivity index (χ0v) is 21.8. The monoisotopic (exact) mass is 516 g/mol. The first-order chi connectivity index (χ1) is 18.0. The van der Waals surface area contributed by atoms with Crippen LogP contribution in [0.4, 0.5) is 0 Å². The van der Waals surface area contributed by atoms with Gasteiger partial charge in [-0.2, -0.15) is 0 Å². The average molecular weight is 517 g/mol. The summed E-state index contributed by atoms with van der Waals surface area (Å²) >= 11 is 0. The Labute approximate surface area is 218 Å². The summed E-state index contributed by atoms with van der Waals surface area (Å²) in [7, 11) is -3.79. The number of Topliss-reactive ketones (excluding diaryl/α,β-unsaturated/α-hetero) is 1. The molecule has 0 radical (unpaired) electrons. The molecular weight excluding hydrogens is 484 g/mol. The second-order valence-corrected chi connectivity index (χ2v) is 11.4. The molecule has 1 aliphatic heterocycles. The van der Waals surface area contributed by atoms with Gasteiger partial charge in [0, 0.05) is 43.1 Å². The van der Waals surface area contributed by atoms with Gasteiger partial charge in [-0.3, -0.25) is 9.69 Å². The number of hydrogen-bond acceptors (Lipinski definition) is 5. The minimum atomic E-state index is -3.79. The number of carbonyl (C=O) groups is 1. The maximum atomic E-state index is 13.6. The van der Waals surface area contributed by atoms with Gasteiger partial charge in [-0.25, -0.2) is 12.4 Å². The molecule has 192 valence electrons. The minimum Gasteiger partial charge on any atom is -0.375 e. The van der Waals surface area contributed by atoms with Crippen molar-refractivity contribution in [3.63, 3.8) is 0 Å². The summed E-state index contributed by atoms with van der Waals surface area (Å²) in [5, 5.41) is 0.852. The largest absolute Gasteiger partial charge is 0.375 e. The molecule has 0 bridgehead atoms. The van der Waals surface area contributed by atoms with Crippen molar-refractivity contribution in [3.8, 4) is 0 Å². The fourth-order valence-corrected chi connectivity index (χ4v) is 6.60. The van der Waals surface area contributed by atoms with Crippen LogP contribution in [0, 0.1) is 5.92 Å². The first kappa shape index (κ1) is 25.4. The predicted octanol–water partition coefficient (Wildman–Crippen LogP) is 5.44. The molecule has 0 unspecified atom stereocenters. The highest BCUT2D eigenvalue weighted by Crippen LogP contribution is 2.38. The average Bonchev–Trinajstić information content (AvgIpc) is 3.33. The number of ether oxygens (including phenoxy) is 1. The Hall–Kier alpha value is -3.26. The lowest BCUT2D eigenvalue weighted by Crippen LogP contribution is -2.44. The van der Waals surface area contributed by atoms with Crippen LogP contribution in [0.25, 0.3) is 10.9 Å². The zero-order valence-electron chi connectivity index (χ0n) is 21.0. The number of para-hydroxylation sites is 1. The van der Waals surface area contributed by atoms with E-state index in [1.807, 2.05) is 61.5 Å². The summed E-state index contributed by atoms with van der Waals surface area (Å²) in [6.07, 6.45) is 2.86. The Balaban J connectivity index is 1.46. The van der Waals surface area contributed by atoms with Gasteiger partial charge in [0.15, 0.2) is 0 Å². The van der Waals surface area contributed by atoms with E-state index in [9.17, 15) is 13.2 Å². The van der Waals surface area contributed by atoms with E-state index >= 15 is 0 Å². The van der Waals surface area contributed by atoms with Crippen LogP contribution in [-0.4, -0.2) is 42.8 Å². The van der Waals surface area contributed by atoms with Gasteiger partial charge in [0.1, 0.15) is 5.78 Å². The van der Waals surface area contributed by atoms with E-state index in [1.165, 1.54) is 3.97 Å². The van der Waals surface area contributed by atoms with E-state index in [4.69, 9.17) is 4.74 Å². The number of rotatable bonds is 9. The molecule has 0 N–H and O–H groups in total. The Morgan fingerprint density at radius 1 is 0.919 bits per heavy atom. The van der Waals surface area contributed by atoms with Crippen molar-refractivity contribution in [1.29, 1.82) is 0 Å². The molecule has 4 aromatic rings. The van der Waals surface area contributed by atoms with E-state index in [0.29, 0.717) is 38.2 Å². The third-order valence-electron chi connectivity index (χ3n) is 7.24. The van der Waals surface area contributed by atoms with Crippen molar-refractivity contribution in [2.24, 2.45) is 5.92 Å². The van der Waals surface area contributed by atoms with Crippen LogP contribution >= 0.6 is 0 Å². The lowest BCUT2D eigenvalue weighted by Gasteiger charge is -2.38. The van der Waals surface area contributed by atoms with E-state index in [1.54, 1.807) is 36.5 Å². The Kier molecular flexibility index (Phi) is 7.55. The topological polar surface area (TPSA) is 68.6 Å². The van der Waals surface area contributed by atoms with Crippen LogP contribution in [0.5, 0.6) is 0 Å². The summed E-state index contributed by atoms with van der Waals surface area (Å²) in [6, 6.07) is 25.8. The molecule has 2 atom stereocenters. The highest BCUT2D eigenvalue weighted by atomic mass is 32.2. The number of ketones is 1. The molecule has 1 fully saturated rings. The Bertz CT molecular complexity index is 1470. The highest BCUT2D eigenvalue weighted by Gasteiger charge is 2.36. The number of aromatic nitrogens is 1. The minimum absolute atomic E-state index is 0.0215. The molecule has 0 aliphatic carbocycles. The van der Waals surface area contributed by atoms with Gasteiger partial charge in [0.2, 0.25) is 0 Å². The fourth-order valence-electron chi connectivity index (χ4n) is 5.20. The fraction of sp³-hybridized carbons (Fsp3) is 0.300. The van der Waals surface area contributed by atoms with Crippen LogP contribution < -0.4 is 0 Å². The van der Waals surface area contributed by atoms with Crippen LogP contribution in [0.3, 0.4) is 0 Å². The molecule has 5 rings (SSSR count). The third kappa shape index (κ3) is 5.25. The number of nitrogens with zero attached hydrogens (tertiary/aromatic N) is 2. The Morgan fingerprint density at radius 3 is 2.32 bits per heavy atom. The van der Waals surface area contributed by atoms with Crippen LogP contribution in [0.15, 0.2) is 96.0 Å². The van der Waals surface area contributed by atoms with Crippen LogP contribution in [-0.2, 0) is 26.2 Å². The number of piperidine rings is 1. The van der Waals surface area contributed by atoms with E-state index in [2.05, 4.69) is 4.90 Å². The SMILES string of the molecule is CC[C@@H]1CN(CCOCc2ccccc2)[C@H](c2cn(S(=O)(=O)c3ccccc3)c3ccccc23)CC1=O. The molecule has 2 heterocycles. The van der Waals surface area contributed by atoms with Crippen LogP contribution in [0.2, 0.25) is 0 Å². The smallest absolute Gasteiger partial charge is 0.268 e. The van der Waals surface area contributed by atoms with Crippen molar-refractivity contribution >= 4 is 26.7 Å². The summed E-state index contributed by atoms with van der Waals surface area (Å²) in [5.41, 5.74) is 2.60. The Morgan fingerprint density at radius 2 is 1.59 bits per heavy atom. The van der Waals surface area contributed by atoms with Gasteiger partial charge in [-0.1, -0.05) is 73.7 Å². The normalized spacial score (nSPS) is 18.9. The molecule has 3 aromatic carbocycles. The third-order valence-corrected chi connectivity index (χ3v) is 8.93. The number of carbonyl (C=O) groups excluding carboxylic acids is 1. The van der Waals surface area contributed by atoms with Crippen molar-refractivity contribution in [3.05, 3.63) is 102 Å². The predicted molar refractivity (Wildman–Crippen MR) is 145 cm³/mol. The maximum absolute atomic E-state index is 13.6. The van der Waals surface area contributed by atoms with Crippen LogP contribution in [0.1, 0.15) is 36.9 Å². The first-order valence-corrected chi connectivity index (χ1v) is 14.2. The van der Waals surface area contributed by atoms with Crippen molar-refractivity contribution in [2.45, 2.75) is 37.3 Å². The molecule has 6 nitrogen and oxygen atoms in total. The van der Waals surface area contributed by atoms with Gasteiger partial charge >= 0.3 is 0 Å². The maximum Gasteiger partial charge on any atom is 0.268 e. The summed E-state index contributed by atoms with van der Waals surface area (Å²) in [6.45, 7) is 4.40. The van der Waals surface area contributed by atoms with Gasteiger partial charge in [0.05, 0.1) is 23.6 Å². The first-order valence-electron chi connectivity index (χ1n) is 12.8. The summed E-state index contributed by atoms with van der Waals surface area (Å²) in [5.74, 6) is 0.212. The van der Waals surface area contributed by atoms with E-state index in [0.717, 1.165) is 22.9 Å². The van der Waals surface area contributed by atoms with Gasteiger partial charge in [-0.05, 0) is 35.7 Å². The lowest BCUT2D eigenvalue weighted by atomic mass is 9.86. The molecule has 37 heavy (non-hydrogen) atoms. The second kappa shape index (κ2) is 11.0. The summed E-state index contributed by atoms with van der Waals surface area (Å²) in [4.78, 5) is 15.6. The lowest BCUT2D eigenvalue weighted by molar-refractivity contribution is -0.129. The molecular formula is C30H32N2O4S. The second-order valence-electron chi connectivity index (χ2n) is 9.54. The van der Waals surface area contributed by atoms with E-state index in [-0.39, 0.29) is 22.6 Å². The number of likely N-dealkylation sites (tertiary alicyclic amines) is 1. The molecule has 1 aliphatic rings. The molecule has 0 saturated carbocycles. The molecule has 7 heteroatoms. The van der Waals surface area contributed by atoms with Gasteiger partial charge in [0.25, 0.3) is 10.0 Å². The number of hydrogen-bond donors (Lipinski definition) is 0. The molecule has 1 saturated heterocycles. The van der Waals surface area contributed by atoms with Crippen molar-refractivity contribution in [1.82, 2.24) is 8.87 Å². The van der Waals surface area contributed by atoms with Gasteiger partial charge < -0.3 is 4.74 Å². The number of benzene rings is 3. The van der Waals surface area contributed by atoms with Gasteiger partial charge in [-0.15, -0.1) is 0 Å². The highest BCUT2D eigenvalue weighted by molar-refractivity contribution is 7.90. The summed E-state index contributed by atoms with van der Waals surface area (Å²) < 4.78 is 34.5.